The highest BCUT2D eigenvalue weighted by Gasteiger charge is 2.23. The number of hydrogen-bond acceptors (Lipinski definition) is 7. The molecule has 4 heterocycles. The van der Waals surface area contributed by atoms with Gasteiger partial charge in [0.25, 0.3) is 19.1 Å². The van der Waals surface area contributed by atoms with Crippen LogP contribution in [0.5, 0.6) is 0 Å². The van der Waals surface area contributed by atoms with Crippen LogP contribution in [-0.4, -0.2) is 44.0 Å². The smallest absolute Gasteiger partial charge is 0.268 e. The van der Waals surface area contributed by atoms with Gasteiger partial charge in [-0.3, -0.25) is 9.97 Å². The molecule has 0 amide bonds. The standard InChI is InChI=1S/C16H16N2O2S.C9H11ClO2S.C8H7N.C4H8O/c1-11-9-12(2)16(13(3)10-11)21(19,20)18-8-6-14-15(18)5-4-7-17-14;1-6-4-7(2)9(8(3)5-6)13(10,11)12;1-3-7-4-2-6-9-8(7)5-1;1-2-4-5-3-1/h4-10H,1-3H3;4-5H,1-3H3;1-2,4-6H,3H2;1-4H2. The van der Waals surface area contributed by atoms with Gasteiger partial charge in [-0.15, -0.1) is 0 Å². The number of allylic oxidation sites excluding steroid dienone is 1. The van der Waals surface area contributed by atoms with Crippen LogP contribution in [-0.2, 0) is 30.2 Å². The van der Waals surface area contributed by atoms with E-state index in [1.54, 1.807) is 44.4 Å². The molecule has 2 aromatic carbocycles. The first-order valence-electron chi connectivity index (χ1n) is 15.7. The molecule has 48 heavy (non-hydrogen) atoms. The Balaban J connectivity index is 0.000000163. The van der Waals surface area contributed by atoms with Gasteiger partial charge in [-0.2, -0.15) is 0 Å². The molecule has 1 aliphatic heterocycles. The van der Waals surface area contributed by atoms with Crippen LogP contribution in [0.3, 0.4) is 0 Å². The zero-order chi connectivity index (χ0) is 35.1. The van der Waals surface area contributed by atoms with Crippen molar-refractivity contribution in [2.45, 2.75) is 70.6 Å². The number of nitrogens with zero attached hydrogens (tertiary/aromatic N) is 3. The van der Waals surface area contributed by atoms with E-state index in [9.17, 15) is 16.8 Å². The fourth-order valence-corrected chi connectivity index (χ4v) is 9.34. The van der Waals surface area contributed by atoms with E-state index in [0.717, 1.165) is 47.6 Å². The van der Waals surface area contributed by atoms with Crippen LogP contribution < -0.4 is 0 Å². The third-order valence-electron chi connectivity index (χ3n) is 7.76. The summed E-state index contributed by atoms with van der Waals surface area (Å²) in [5.74, 6) is 0. The van der Waals surface area contributed by atoms with E-state index in [-0.39, 0.29) is 4.90 Å². The van der Waals surface area contributed by atoms with Gasteiger partial charge in [0.2, 0.25) is 0 Å². The van der Waals surface area contributed by atoms with Crippen LogP contribution in [0, 0.1) is 41.5 Å². The minimum absolute atomic E-state index is 0.236. The second-order valence-corrected chi connectivity index (χ2v) is 16.1. The molecule has 1 saturated heterocycles. The van der Waals surface area contributed by atoms with Crippen molar-refractivity contribution < 1.29 is 21.6 Å². The quantitative estimate of drug-likeness (QED) is 0.174. The topological polar surface area (TPSA) is 108 Å². The molecule has 0 N–H and O–H groups in total. The van der Waals surface area contributed by atoms with E-state index in [2.05, 4.69) is 28.2 Å². The number of pyridine rings is 2. The van der Waals surface area contributed by atoms with E-state index in [4.69, 9.17) is 15.4 Å². The van der Waals surface area contributed by atoms with E-state index in [1.807, 2.05) is 64.2 Å². The Morgan fingerprint density at radius 3 is 1.79 bits per heavy atom. The summed E-state index contributed by atoms with van der Waals surface area (Å²) in [6.45, 7) is 13.0. The molecule has 0 atom stereocenters. The molecule has 0 spiro atoms. The summed E-state index contributed by atoms with van der Waals surface area (Å²) < 4.78 is 54.5. The molecule has 1 fully saturated rings. The summed E-state index contributed by atoms with van der Waals surface area (Å²) in [7, 11) is -1.94. The lowest BCUT2D eigenvalue weighted by Crippen LogP contribution is -2.15. The van der Waals surface area contributed by atoms with Crippen LogP contribution in [0.25, 0.3) is 17.1 Å². The molecule has 0 unspecified atom stereocenters. The normalized spacial score (nSPS) is 13.5. The lowest BCUT2D eigenvalue weighted by molar-refractivity contribution is 0.198. The summed E-state index contributed by atoms with van der Waals surface area (Å²) in [6, 6.07) is 16.7. The van der Waals surface area contributed by atoms with Gasteiger partial charge in [-0.25, -0.2) is 20.8 Å². The number of aromatic nitrogens is 3. The molecule has 1 aliphatic carbocycles. The van der Waals surface area contributed by atoms with Crippen LogP contribution in [0.2, 0.25) is 0 Å². The number of benzene rings is 2. The van der Waals surface area contributed by atoms with Crippen molar-refractivity contribution in [2.24, 2.45) is 0 Å². The maximum absolute atomic E-state index is 13.0. The van der Waals surface area contributed by atoms with E-state index in [0.29, 0.717) is 27.1 Å². The van der Waals surface area contributed by atoms with Crippen molar-refractivity contribution in [1.82, 2.24) is 13.9 Å². The first-order valence-corrected chi connectivity index (χ1v) is 19.4. The predicted molar refractivity (Wildman–Crippen MR) is 194 cm³/mol. The lowest BCUT2D eigenvalue weighted by atomic mass is 10.1. The summed E-state index contributed by atoms with van der Waals surface area (Å²) in [5.41, 5.74) is 8.77. The minimum atomic E-state index is -3.62. The number of fused-ring (bicyclic) bond motifs is 2. The SMILES string of the molecule is C1=Cc2ncccc2C1.C1CCOC1.Cc1cc(C)c(S(=O)(=O)Cl)c(C)c1.Cc1cc(C)c(S(=O)(=O)n2ccc3ncccc32)c(C)c1. The molecular weight excluding hydrogens is 666 g/mol. The van der Waals surface area contributed by atoms with E-state index in [1.165, 1.54) is 22.4 Å². The van der Waals surface area contributed by atoms with Crippen molar-refractivity contribution in [2.75, 3.05) is 13.2 Å². The highest BCUT2D eigenvalue weighted by atomic mass is 35.7. The van der Waals surface area contributed by atoms with Gasteiger partial charge in [0.05, 0.1) is 26.5 Å². The second-order valence-electron chi connectivity index (χ2n) is 11.9. The van der Waals surface area contributed by atoms with Crippen LogP contribution in [0.15, 0.2) is 89.1 Å². The fraction of sp³-hybridized carbons (Fsp3) is 0.297. The van der Waals surface area contributed by atoms with Crippen molar-refractivity contribution in [3.63, 3.8) is 0 Å². The predicted octanol–water partition coefficient (Wildman–Crippen LogP) is 8.19. The second kappa shape index (κ2) is 16.0. The van der Waals surface area contributed by atoms with Gasteiger partial charge in [0.15, 0.2) is 0 Å². The van der Waals surface area contributed by atoms with Crippen LogP contribution in [0.1, 0.15) is 57.5 Å². The number of aryl methyl sites for hydroxylation is 6. The molecule has 7 rings (SSSR count). The maximum atomic E-state index is 13.0. The summed E-state index contributed by atoms with van der Waals surface area (Å²) in [4.78, 5) is 8.96. The maximum Gasteiger partial charge on any atom is 0.268 e. The molecule has 3 aromatic heterocycles. The highest BCUT2D eigenvalue weighted by molar-refractivity contribution is 8.13. The molecule has 0 saturated carbocycles. The molecule has 11 heteroatoms. The third kappa shape index (κ3) is 9.19. The van der Waals surface area contributed by atoms with Gasteiger partial charge < -0.3 is 4.74 Å². The summed E-state index contributed by atoms with van der Waals surface area (Å²) >= 11 is 0. The first kappa shape index (κ1) is 37.0. The van der Waals surface area contributed by atoms with Gasteiger partial charge in [0, 0.05) is 42.5 Å². The monoisotopic (exact) mass is 707 g/mol. The molecule has 0 bridgehead atoms. The highest BCUT2D eigenvalue weighted by Crippen LogP contribution is 2.27. The molecule has 5 aromatic rings. The Hall–Kier alpha value is -3.83. The molecule has 0 radical (unpaired) electrons. The minimum Gasteiger partial charge on any atom is -0.381 e. The number of halogens is 1. The molecule has 2 aliphatic rings. The van der Waals surface area contributed by atoms with Gasteiger partial charge in [-0.1, -0.05) is 47.5 Å². The van der Waals surface area contributed by atoms with Gasteiger partial charge in [-0.05, 0) is 119 Å². The zero-order valence-electron chi connectivity index (χ0n) is 28.2. The van der Waals surface area contributed by atoms with E-state index >= 15 is 0 Å². The average molecular weight is 708 g/mol. The molecule has 8 nitrogen and oxygen atoms in total. The third-order valence-corrected chi connectivity index (χ3v) is 11.3. The Morgan fingerprint density at radius 2 is 1.27 bits per heavy atom. The summed E-state index contributed by atoms with van der Waals surface area (Å²) in [6.07, 6.45) is 12.9. The fourth-order valence-electron chi connectivity index (χ4n) is 5.96. The largest absolute Gasteiger partial charge is 0.381 e. The number of rotatable bonds is 3. The van der Waals surface area contributed by atoms with Crippen molar-refractivity contribution >= 4 is 46.9 Å². The van der Waals surface area contributed by atoms with Crippen molar-refractivity contribution in [1.29, 1.82) is 0 Å². The summed E-state index contributed by atoms with van der Waals surface area (Å²) in [5, 5.41) is 0. The molecule has 254 valence electrons. The van der Waals surface area contributed by atoms with Gasteiger partial charge >= 0.3 is 0 Å². The van der Waals surface area contributed by atoms with Crippen molar-refractivity contribution in [3.8, 4) is 0 Å². The Bertz CT molecular complexity index is 2100. The van der Waals surface area contributed by atoms with Gasteiger partial charge in [0.1, 0.15) is 0 Å². The first-order chi connectivity index (χ1) is 22.7. The Morgan fingerprint density at radius 1 is 0.729 bits per heavy atom. The lowest BCUT2D eigenvalue weighted by Gasteiger charge is -2.13. The number of ether oxygens (including phenoxy) is 1. The van der Waals surface area contributed by atoms with Crippen LogP contribution in [0.4, 0.5) is 0 Å². The number of hydrogen-bond donors (Lipinski definition) is 0. The Kier molecular flexibility index (Phi) is 12.4. The zero-order valence-corrected chi connectivity index (χ0v) is 30.6. The average Bonchev–Trinajstić information content (AvgIpc) is 3.79. The molecular formula is C37H42ClN3O5S2. The van der Waals surface area contributed by atoms with Crippen LogP contribution >= 0.6 is 10.7 Å². The van der Waals surface area contributed by atoms with Crippen molar-refractivity contribution in [3.05, 3.63) is 124 Å². The van der Waals surface area contributed by atoms with E-state index < -0.39 is 19.1 Å². The Labute approximate surface area is 289 Å².